The lowest BCUT2D eigenvalue weighted by Gasteiger charge is -2.31. The van der Waals surface area contributed by atoms with Crippen LogP contribution in [0.4, 0.5) is 5.82 Å². The van der Waals surface area contributed by atoms with Crippen molar-refractivity contribution in [1.29, 1.82) is 0 Å². The van der Waals surface area contributed by atoms with Gasteiger partial charge < -0.3 is 9.42 Å². The first-order chi connectivity index (χ1) is 12.1. The first-order valence-electron chi connectivity index (χ1n) is 8.69. The topological polar surface area (TPSA) is 75.4 Å². The van der Waals surface area contributed by atoms with E-state index < -0.39 is 11.8 Å². The largest absolute Gasteiger partial charge is 0.360 e. The second-order valence-corrected chi connectivity index (χ2v) is 6.54. The maximum Gasteiger partial charge on any atom is 0.315 e. The van der Waals surface area contributed by atoms with Crippen LogP contribution in [0.25, 0.3) is 0 Å². The molecule has 1 aromatic carbocycles. The summed E-state index contributed by atoms with van der Waals surface area (Å²) in [6, 6.07) is 12.0. The van der Waals surface area contributed by atoms with E-state index in [1.165, 1.54) is 5.56 Å². The van der Waals surface area contributed by atoms with Gasteiger partial charge in [-0.05, 0) is 44.1 Å². The van der Waals surface area contributed by atoms with E-state index in [0.717, 1.165) is 25.7 Å². The molecule has 1 N–H and O–H groups in total. The zero-order valence-corrected chi connectivity index (χ0v) is 14.4. The van der Waals surface area contributed by atoms with Crippen molar-refractivity contribution in [2.75, 3.05) is 18.4 Å². The number of aryl methyl sites for hydroxylation is 2. The van der Waals surface area contributed by atoms with E-state index in [2.05, 4.69) is 34.7 Å². The Balaban J connectivity index is 1.43. The molecule has 0 atom stereocenters. The van der Waals surface area contributed by atoms with E-state index in [1.54, 1.807) is 17.9 Å². The number of amides is 2. The van der Waals surface area contributed by atoms with Crippen LogP contribution in [0, 0.1) is 12.8 Å². The molecule has 1 aromatic heterocycles. The molecule has 25 heavy (non-hydrogen) atoms. The van der Waals surface area contributed by atoms with Crippen molar-refractivity contribution >= 4 is 17.6 Å². The average Bonchev–Trinajstić information content (AvgIpc) is 3.05. The summed E-state index contributed by atoms with van der Waals surface area (Å²) in [5, 5.41) is 6.15. The van der Waals surface area contributed by atoms with E-state index in [-0.39, 0.29) is 5.82 Å². The SMILES string of the molecule is Cc1cc(NC(=O)C(=O)N2CCC(CCc3ccccc3)CC2)no1. The van der Waals surface area contributed by atoms with Crippen molar-refractivity contribution in [3.8, 4) is 0 Å². The first kappa shape index (κ1) is 17.2. The lowest BCUT2D eigenvalue weighted by Crippen LogP contribution is -2.44. The molecule has 1 saturated heterocycles. The Hall–Kier alpha value is -2.63. The fourth-order valence-corrected chi connectivity index (χ4v) is 3.18. The van der Waals surface area contributed by atoms with Gasteiger partial charge in [-0.15, -0.1) is 0 Å². The summed E-state index contributed by atoms with van der Waals surface area (Å²) in [5.74, 6) is 0.305. The van der Waals surface area contributed by atoms with Gasteiger partial charge in [-0.3, -0.25) is 14.9 Å². The molecule has 0 spiro atoms. The number of aromatic nitrogens is 1. The minimum absolute atomic E-state index is 0.272. The molecule has 1 fully saturated rings. The summed E-state index contributed by atoms with van der Waals surface area (Å²) in [7, 11) is 0. The van der Waals surface area contributed by atoms with Crippen LogP contribution < -0.4 is 5.32 Å². The van der Waals surface area contributed by atoms with Gasteiger partial charge in [0.2, 0.25) is 0 Å². The second kappa shape index (κ2) is 7.96. The Morgan fingerprint density at radius 3 is 2.60 bits per heavy atom. The highest BCUT2D eigenvalue weighted by Crippen LogP contribution is 2.22. The van der Waals surface area contributed by atoms with Gasteiger partial charge in [-0.25, -0.2) is 0 Å². The van der Waals surface area contributed by atoms with Crippen LogP contribution >= 0.6 is 0 Å². The second-order valence-electron chi connectivity index (χ2n) is 6.54. The maximum atomic E-state index is 12.3. The van der Waals surface area contributed by atoms with E-state index in [0.29, 0.717) is 24.8 Å². The van der Waals surface area contributed by atoms with E-state index in [1.807, 2.05) is 6.07 Å². The van der Waals surface area contributed by atoms with Crippen LogP contribution in [-0.2, 0) is 16.0 Å². The van der Waals surface area contributed by atoms with Crippen molar-refractivity contribution in [3.05, 3.63) is 47.7 Å². The van der Waals surface area contributed by atoms with Gasteiger partial charge in [0.25, 0.3) is 0 Å². The molecule has 2 amide bonds. The van der Waals surface area contributed by atoms with Crippen molar-refractivity contribution in [3.63, 3.8) is 0 Å². The van der Waals surface area contributed by atoms with E-state index in [4.69, 9.17) is 4.52 Å². The number of benzene rings is 1. The summed E-state index contributed by atoms with van der Waals surface area (Å²) >= 11 is 0. The third-order valence-electron chi connectivity index (χ3n) is 4.65. The molecule has 6 heteroatoms. The number of carbonyl (C=O) groups excluding carboxylic acids is 2. The standard InChI is InChI=1S/C19H23N3O3/c1-14-13-17(21-25-14)20-18(23)19(24)22-11-9-16(10-12-22)8-7-15-5-3-2-4-6-15/h2-6,13,16H,7-12H2,1H3,(H,20,21,23). The molecule has 0 saturated carbocycles. The molecule has 1 aliphatic rings. The number of nitrogens with one attached hydrogen (secondary N) is 1. The number of likely N-dealkylation sites (tertiary alicyclic amines) is 1. The predicted octanol–water partition coefficient (Wildman–Crippen LogP) is 2.79. The van der Waals surface area contributed by atoms with Gasteiger partial charge in [0.05, 0.1) is 0 Å². The molecular weight excluding hydrogens is 318 g/mol. The smallest absolute Gasteiger partial charge is 0.315 e. The summed E-state index contributed by atoms with van der Waals surface area (Å²) in [6.07, 6.45) is 4.06. The third-order valence-corrected chi connectivity index (χ3v) is 4.65. The van der Waals surface area contributed by atoms with Crippen LogP contribution in [0.5, 0.6) is 0 Å². The van der Waals surface area contributed by atoms with Gasteiger partial charge in [0, 0.05) is 19.2 Å². The number of hydrogen-bond donors (Lipinski definition) is 1. The van der Waals surface area contributed by atoms with E-state index >= 15 is 0 Å². The fourth-order valence-electron chi connectivity index (χ4n) is 3.18. The van der Waals surface area contributed by atoms with Crippen molar-refractivity contribution in [2.24, 2.45) is 5.92 Å². The summed E-state index contributed by atoms with van der Waals surface area (Å²) in [6.45, 7) is 2.98. The highest BCUT2D eigenvalue weighted by Gasteiger charge is 2.27. The zero-order valence-electron chi connectivity index (χ0n) is 14.4. The van der Waals surface area contributed by atoms with Crippen molar-refractivity contribution < 1.29 is 14.1 Å². The Kier molecular flexibility index (Phi) is 5.48. The van der Waals surface area contributed by atoms with Crippen LogP contribution in [0.3, 0.4) is 0 Å². The minimum atomic E-state index is -0.656. The molecule has 2 heterocycles. The molecule has 0 radical (unpaired) electrons. The molecular formula is C19H23N3O3. The fraction of sp³-hybridized carbons (Fsp3) is 0.421. The zero-order chi connectivity index (χ0) is 17.6. The van der Waals surface area contributed by atoms with Gasteiger partial charge in [-0.1, -0.05) is 35.5 Å². The van der Waals surface area contributed by atoms with Gasteiger partial charge >= 0.3 is 11.8 Å². The molecule has 0 unspecified atom stereocenters. The number of nitrogens with zero attached hydrogens (tertiary/aromatic N) is 2. The predicted molar refractivity (Wildman–Crippen MR) is 93.9 cm³/mol. The molecule has 2 aromatic rings. The number of carbonyl (C=O) groups is 2. The Bertz CT molecular complexity index is 719. The molecule has 0 aliphatic carbocycles. The first-order valence-corrected chi connectivity index (χ1v) is 8.69. The van der Waals surface area contributed by atoms with Crippen LogP contribution in [0.2, 0.25) is 0 Å². The van der Waals surface area contributed by atoms with Gasteiger partial charge in [-0.2, -0.15) is 0 Å². The highest BCUT2D eigenvalue weighted by molar-refractivity contribution is 6.39. The quantitative estimate of drug-likeness (QED) is 0.868. The Morgan fingerprint density at radius 1 is 1.24 bits per heavy atom. The number of hydrogen-bond acceptors (Lipinski definition) is 4. The third kappa shape index (κ3) is 4.68. The molecule has 3 rings (SSSR count). The number of anilines is 1. The van der Waals surface area contributed by atoms with Crippen LogP contribution in [0.1, 0.15) is 30.6 Å². The lowest BCUT2D eigenvalue weighted by molar-refractivity contribution is -0.144. The molecule has 6 nitrogen and oxygen atoms in total. The summed E-state index contributed by atoms with van der Waals surface area (Å²) < 4.78 is 4.88. The van der Waals surface area contributed by atoms with E-state index in [9.17, 15) is 9.59 Å². The van der Waals surface area contributed by atoms with Gasteiger partial charge in [0.1, 0.15) is 5.76 Å². The summed E-state index contributed by atoms with van der Waals surface area (Å²) in [4.78, 5) is 25.9. The number of piperidine rings is 1. The van der Waals surface area contributed by atoms with Crippen LogP contribution in [-0.4, -0.2) is 35.0 Å². The molecule has 132 valence electrons. The lowest BCUT2D eigenvalue weighted by atomic mass is 9.90. The monoisotopic (exact) mass is 341 g/mol. The van der Waals surface area contributed by atoms with Crippen molar-refractivity contribution in [1.82, 2.24) is 10.1 Å². The molecule has 1 aliphatic heterocycles. The molecule has 0 bridgehead atoms. The normalized spacial score (nSPS) is 15.2. The average molecular weight is 341 g/mol. The Labute approximate surface area is 147 Å². The minimum Gasteiger partial charge on any atom is -0.360 e. The Morgan fingerprint density at radius 2 is 1.96 bits per heavy atom. The summed E-state index contributed by atoms with van der Waals surface area (Å²) in [5.41, 5.74) is 1.35. The maximum absolute atomic E-state index is 12.3. The van der Waals surface area contributed by atoms with Crippen molar-refractivity contribution in [2.45, 2.75) is 32.6 Å². The van der Waals surface area contributed by atoms with Crippen LogP contribution in [0.15, 0.2) is 40.9 Å². The number of rotatable bonds is 4. The van der Waals surface area contributed by atoms with Gasteiger partial charge in [0.15, 0.2) is 5.82 Å². The highest BCUT2D eigenvalue weighted by atomic mass is 16.5.